The fourth-order valence-electron chi connectivity index (χ4n) is 3.26. The van der Waals surface area contributed by atoms with Crippen LogP contribution in [-0.4, -0.2) is 40.8 Å². The summed E-state index contributed by atoms with van der Waals surface area (Å²) in [6, 6.07) is 16.4. The lowest BCUT2D eigenvalue weighted by Gasteiger charge is -2.26. The first-order valence-electron chi connectivity index (χ1n) is 8.38. The van der Waals surface area contributed by atoms with Gasteiger partial charge in [-0.05, 0) is 29.8 Å². The predicted octanol–water partition coefficient (Wildman–Crippen LogP) is 2.50. The van der Waals surface area contributed by atoms with Crippen molar-refractivity contribution in [1.82, 2.24) is 14.5 Å². The quantitative estimate of drug-likeness (QED) is 0.750. The number of imidazole rings is 1. The van der Waals surface area contributed by atoms with E-state index in [4.69, 9.17) is 15.5 Å². The zero-order valence-electron chi connectivity index (χ0n) is 13.7. The number of benzene rings is 2. The lowest BCUT2D eigenvalue weighted by Crippen LogP contribution is -2.36. The summed E-state index contributed by atoms with van der Waals surface area (Å²) in [7, 11) is 0. The first-order valence-corrected chi connectivity index (χ1v) is 8.38. The molecule has 2 aromatic carbocycles. The van der Waals surface area contributed by atoms with Gasteiger partial charge in [-0.2, -0.15) is 0 Å². The van der Waals surface area contributed by atoms with Gasteiger partial charge >= 0.3 is 0 Å². The second-order valence-corrected chi connectivity index (χ2v) is 6.24. The van der Waals surface area contributed by atoms with Crippen molar-refractivity contribution >= 4 is 16.7 Å². The van der Waals surface area contributed by atoms with Crippen LogP contribution in [0.4, 0.5) is 5.69 Å². The molecule has 24 heavy (non-hydrogen) atoms. The van der Waals surface area contributed by atoms with Crippen LogP contribution < -0.4 is 5.73 Å². The van der Waals surface area contributed by atoms with Crippen molar-refractivity contribution in [2.24, 2.45) is 0 Å². The molecule has 0 unspecified atom stereocenters. The fourth-order valence-corrected chi connectivity index (χ4v) is 3.26. The van der Waals surface area contributed by atoms with Gasteiger partial charge in [0.25, 0.3) is 0 Å². The van der Waals surface area contributed by atoms with Crippen LogP contribution in [0.5, 0.6) is 0 Å². The molecule has 0 radical (unpaired) electrons. The molecule has 0 bridgehead atoms. The lowest BCUT2D eigenvalue weighted by atomic mass is 10.2. The maximum atomic E-state index is 5.94. The lowest BCUT2D eigenvalue weighted by molar-refractivity contribution is 0.0327. The molecule has 1 aliphatic rings. The van der Waals surface area contributed by atoms with Crippen molar-refractivity contribution in [3.05, 3.63) is 59.9 Å². The zero-order valence-corrected chi connectivity index (χ0v) is 13.7. The predicted molar refractivity (Wildman–Crippen MR) is 95.8 cm³/mol. The SMILES string of the molecule is Nc1cccc(Cn2c(CN3CCOCC3)nc3ccccc32)c1. The molecule has 1 aromatic heterocycles. The van der Waals surface area contributed by atoms with Crippen LogP contribution in [0.3, 0.4) is 0 Å². The van der Waals surface area contributed by atoms with E-state index in [-0.39, 0.29) is 0 Å². The van der Waals surface area contributed by atoms with Gasteiger partial charge < -0.3 is 15.0 Å². The molecule has 1 saturated heterocycles. The molecule has 5 heteroatoms. The third-order valence-electron chi connectivity index (χ3n) is 4.49. The number of nitrogen functional groups attached to an aromatic ring is 1. The van der Waals surface area contributed by atoms with E-state index < -0.39 is 0 Å². The Hall–Kier alpha value is -2.37. The number of fused-ring (bicyclic) bond motifs is 1. The standard InChI is InChI=1S/C19H22N4O/c20-16-5-3-4-15(12-16)13-23-18-7-2-1-6-17(18)21-19(23)14-22-8-10-24-11-9-22/h1-7,12H,8-11,13-14,20H2. The van der Waals surface area contributed by atoms with E-state index in [0.717, 1.165) is 56.4 Å². The molecular weight excluding hydrogens is 300 g/mol. The molecule has 0 amide bonds. The van der Waals surface area contributed by atoms with Gasteiger partial charge in [0.15, 0.2) is 0 Å². The van der Waals surface area contributed by atoms with Gasteiger partial charge in [-0.25, -0.2) is 4.98 Å². The van der Waals surface area contributed by atoms with Gasteiger partial charge in [-0.1, -0.05) is 24.3 Å². The summed E-state index contributed by atoms with van der Waals surface area (Å²) in [5, 5.41) is 0. The van der Waals surface area contributed by atoms with Crippen molar-refractivity contribution in [3.63, 3.8) is 0 Å². The highest BCUT2D eigenvalue weighted by Crippen LogP contribution is 2.20. The molecule has 5 nitrogen and oxygen atoms in total. The van der Waals surface area contributed by atoms with E-state index in [1.54, 1.807) is 0 Å². The van der Waals surface area contributed by atoms with Crippen LogP contribution >= 0.6 is 0 Å². The zero-order chi connectivity index (χ0) is 16.4. The number of aromatic nitrogens is 2. The van der Waals surface area contributed by atoms with Crippen molar-refractivity contribution in [2.45, 2.75) is 13.1 Å². The Morgan fingerprint density at radius 1 is 1.00 bits per heavy atom. The highest BCUT2D eigenvalue weighted by atomic mass is 16.5. The third kappa shape index (κ3) is 3.13. The summed E-state index contributed by atoms with van der Waals surface area (Å²) in [6.07, 6.45) is 0. The van der Waals surface area contributed by atoms with Crippen LogP contribution in [0.25, 0.3) is 11.0 Å². The monoisotopic (exact) mass is 322 g/mol. The van der Waals surface area contributed by atoms with Crippen LogP contribution in [0.1, 0.15) is 11.4 Å². The Kier molecular flexibility index (Phi) is 4.19. The van der Waals surface area contributed by atoms with E-state index in [1.165, 1.54) is 11.1 Å². The highest BCUT2D eigenvalue weighted by molar-refractivity contribution is 5.76. The second kappa shape index (κ2) is 6.63. The van der Waals surface area contributed by atoms with E-state index in [2.05, 4.69) is 33.7 Å². The van der Waals surface area contributed by atoms with Crippen LogP contribution in [0, 0.1) is 0 Å². The summed E-state index contributed by atoms with van der Waals surface area (Å²) in [4.78, 5) is 7.28. The summed E-state index contributed by atoms with van der Waals surface area (Å²) < 4.78 is 7.76. The minimum Gasteiger partial charge on any atom is -0.399 e. The van der Waals surface area contributed by atoms with Crippen molar-refractivity contribution in [2.75, 3.05) is 32.0 Å². The maximum absolute atomic E-state index is 5.94. The number of nitrogens with zero attached hydrogens (tertiary/aromatic N) is 3. The molecule has 0 saturated carbocycles. The molecule has 0 spiro atoms. The molecule has 3 aromatic rings. The van der Waals surface area contributed by atoms with Gasteiger partial charge in [0, 0.05) is 25.3 Å². The number of hydrogen-bond acceptors (Lipinski definition) is 4. The molecule has 0 atom stereocenters. The van der Waals surface area contributed by atoms with Crippen molar-refractivity contribution in [1.29, 1.82) is 0 Å². The van der Waals surface area contributed by atoms with Gasteiger partial charge in [0.2, 0.25) is 0 Å². The Balaban J connectivity index is 1.69. The van der Waals surface area contributed by atoms with E-state index in [0.29, 0.717) is 0 Å². The van der Waals surface area contributed by atoms with Gasteiger partial charge in [-0.3, -0.25) is 4.90 Å². The van der Waals surface area contributed by atoms with Crippen LogP contribution in [0.15, 0.2) is 48.5 Å². The average Bonchev–Trinajstić information content (AvgIpc) is 2.93. The Morgan fingerprint density at radius 3 is 2.67 bits per heavy atom. The molecule has 4 rings (SSSR count). The molecule has 2 heterocycles. The van der Waals surface area contributed by atoms with Gasteiger partial charge in [0.1, 0.15) is 5.82 Å². The number of ether oxygens (including phenoxy) is 1. The molecule has 0 aliphatic carbocycles. The fraction of sp³-hybridized carbons (Fsp3) is 0.316. The number of para-hydroxylation sites is 2. The first-order chi connectivity index (χ1) is 11.8. The molecule has 124 valence electrons. The summed E-state index contributed by atoms with van der Waals surface area (Å²) in [6.45, 7) is 5.15. The van der Waals surface area contributed by atoms with Crippen LogP contribution in [-0.2, 0) is 17.8 Å². The summed E-state index contributed by atoms with van der Waals surface area (Å²) in [5.41, 5.74) is 10.1. The number of hydrogen-bond donors (Lipinski definition) is 1. The minimum absolute atomic E-state index is 0.783. The number of morpholine rings is 1. The largest absolute Gasteiger partial charge is 0.399 e. The molecule has 1 fully saturated rings. The van der Waals surface area contributed by atoms with E-state index in [1.807, 2.05) is 24.3 Å². The second-order valence-electron chi connectivity index (χ2n) is 6.24. The van der Waals surface area contributed by atoms with Crippen LogP contribution in [0.2, 0.25) is 0 Å². The maximum Gasteiger partial charge on any atom is 0.124 e. The number of anilines is 1. The van der Waals surface area contributed by atoms with E-state index in [9.17, 15) is 0 Å². The Bertz CT molecular complexity index is 836. The number of nitrogens with two attached hydrogens (primary N) is 1. The third-order valence-corrected chi connectivity index (χ3v) is 4.49. The number of rotatable bonds is 4. The van der Waals surface area contributed by atoms with Crippen molar-refractivity contribution < 1.29 is 4.74 Å². The van der Waals surface area contributed by atoms with Crippen molar-refractivity contribution in [3.8, 4) is 0 Å². The minimum atomic E-state index is 0.783. The smallest absolute Gasteiger partial charge is 0.124 e. The Labute approximate surface area is 141 Å². The summed E-state index contributed by atoms with van der Waals surface area (Å²) in [5.74, 6) is 1.10. The topological polar surface area (TPSA) is 56.3 Å². The molecular formula is C19H22N4O. The highest BCUT2D eigenvalue weighted by Gasteiger charge is 2.16. The first kappa shape index (κ1) is 15.2. The molecule has 2 N–H and O–H groups in total. The normalized spacial score (nSPS) is 15.8. The van der Waals surface area contributed by atoms with E-state index >= 15 is 0 Å². The average molecular weight is 322 g/mol. The molecule has 1 aliphatic heterocycles. The van der Waals surface area contributed by atoms with Gasteiger partial charge in [-0.15, -0.1) is 0 Å². The summed E-state index contributed by atoms with van der Waals surface area (Å²) >= 11 is 0. The van der Waals surface area contributed by atoms with Gasteiger partial charge in [0.05, 0.1) is 30.8 Å². The Morgan fingerprint density at radius 2 is 1.83 bits per heavy atom.